The summed E-state index contributed by atoms with van der Waals surface area (Å²) in [6.45, 7) is 11.3. The van der Waals surface area contributed by atoms with Gasteiger partial charge in [-0.1, -0.05) is 32.0 Å². The second kappa shape index (κ2) is 10.7. The van der Waals surface area contributed by atoms with Gasteiger partial charge in [-0.2, -0.15) is 4.99 Å². The Morgan fingerprint density at radius 3 is 2.60 bits per heavy atom. The quantitative estimate of drug-likeness (QED) is 0.617. The van der Waals surface area contributed by atoms with E-state index in [2.05, 4.69) is 40.4 Å². The molecular formula is C26H34N8O. The lowest BCUT2D eigenvalue weighted by atomic mass is 10.1. The number of carbonyl (C=O) groups is 1. The van der Waals surface area contributed by atoms with Crippen molar-refractivity contribution in [2.45, 2.75) is 33.7 Å². The number of guanidine groups is 1. The molecule has 0 unspecified atom stereocenters. The molecule has 2 aliphatic heterocycles. The Kier molecular flexibility index (Phi) is 7.43. The molecule has 3 heterocycles. The van der Waals surface area contributed by atoms with Crippen molar-refractivity contribution in [3.63, 3.8) is 0 Å². The number of hydrogen-bond acceptors (Lipinski definition) is 8. The van der Waals surface area contributed by atoms with Gasteiger partial charge >= 0.3 is 0 Å². The number of piperazine rings is 1. The van der Waals surface area contributed by atoms with Crippen molar-refractivity contribution in [3.8, 4) is 0 Å². The number of rotatable bonds is 5. The van der Waals surface area contributed by atoms with Crippen molar-refractivity contribution in [2.24, 2.45) is 15.9 Å². The SMILES string of the molecule is CC(=O)N1CCN(C2=N/C(=C/NCC(C)C)C(=N)C(N[C@H](C)c3cnc4ccccc4c3)=N2)CC1. The van der Waals surface area contributed by atoms with Crippen LogP contribution in [0.2, 0.25) is 0 Å². The van der Waals surface area contributed by atoms with Gasteiger partial charge in [-0.3, -0.25) is 15.2 Å². The monoisotopic (exact) mass is 474 g/mol. The maximum Gasteiger partial charge on any atom is 0.228 e. The van der Waals surface area contributed by atoms with Crippen LogP contribution >= 0.6 is 0 Å². The van der Waals surface area contributed by atoms with Crippen LogP contribution in [0, 0.1) is 11.3 Å². The van der Waals surface area contributed by atoms with Crippen LogP contribution in [0.5, 0.6) is 0 Å². The van der Waals surface area contributed by atoms with E-state index in [9.17, 15) is 4.79 Å². The van der Waals surface area contributed by atoms with E-state index >= 15 is 0 Å². The molecule has 2 aromatic rings. The fraction of sp³-hybridized carbons (Fsp3) is 0.423. The summed E-state index contributed by atoms with van der Waals surface area (Å²) in [5.41, 5.74) is 2.75. The normalized spacial score (nSPS) is 18.5. The Bertz CT molecular complexity index is 1190. The van der Waals surface area contributed by atoms with Crippen LogP contribution in [0.25, 0.3) is 10.9 Å². The molecule has 0 bridgehead atoms. The molecule has 9 nitrogen and oxygen atoms in total. The van der Waals surface area contributed by atoms with Crippen LogP contribution in [0.1, 0.15) is 39.3 Å². The number of aromatic nitrogens is 1. The second-order valence-corrected chi connectivity index (χ2v) is 9.40. The molecule has 0 spiro atoms. The van der Waals surface area contributed by atoms with E-state index in [0.717, 1.165) is 23.0 Å². The number of benzene rings is 1. The van der Waals surface area contributed by atoms with E-state index in [1.54, 1.807) is 13.1 Å². The minimum Gasteiger partial charge on any atom is -0.389 e. The predicted molar refractivity (Wildman–Crippen MR) is 141 cm³/mol. The molecule has 1 fully saturated rings. The topological polar surface area (TPSA) is 109 Å². The van der Waals surface area contributed by atoms with Crippen LogP contribution in [-0.4, -0.2) is 70.9 Å². The first-order valence-corrected chi connectivity index (χ1v) is 12.1. The van der Waals surface area contributed by atoms with E-state index in [0.29, 0.717) is 49.6 Å². The summed E-state index contributed by atoms with van der Waals surface area (Å²) in [6.07, 6.45) is 3.66. The molecule has 35 heavy (non-hydrogen) atoms. The number of nitrogens with zero attached hydrogens (tertiary/aromatic N) is 5. The summed E-state index contributed by atoms with van der Waals surface area (Å²) >= 11 is 0. The van der Waals surface area contributed by atoms with Crippen molar-refractivity contribution in [3.05, 3.63) is 54.0 Å². The molecule has 3 N–H and O–H groups in total. The Morgan fingerprint density at radius 2 is 1.89 bits per heavy atom. The highest BCUT2D eigenvalue weighted by atomic mass is 16.2. The molecule has 9 heteroatoms. The summed E-state index contributed by atoms with van der Waals surface area (Å²) < 4.78 is 0. The van der Waals surface area contributed by atoms with Gasteiger partial charge in [0.1, 0.15) is 11.4 Å². The summed E-state index contributed by atoms with van der Waals surface area (Å²) in [5, 5.41) is 16.5. The summed E-state index contributed by atoms with van der Waals surface area (Å²) in [4.78, 5) is 29.7. The highest BCUT2D eigenvalue weighted by Crippen LogP contribution is 2.20. The Hall–Kier alpha value is -3.75. The van der Waals surface area contributed by atoms with Crippen molar-refractivity contribution in [1.29, 1.82) is 5.41 Å². The fourth-order valence-corrected chi connectivity index (χ4v) is 4.04. The van der Waals surface area contributed by atoms with Gasteiger partial charge in [0.15, 0.2) is 5.84 Å². The van der Waals surface area contributed by atoms with Gasteiger partial charge in [0.2, 0.25) is 11.9 Å². The number of para-hydroxylation sites is 1. The number of hydrogen-bond donors (Lipinski definition) is 3. The molecule has 1 amide bonds. The van der Waals surface area contributed by atoms with Gasteiger partial charge in [-0.15, -0.1) is 0 Å². The van der Waals surface area contributed by atoms with Crippen LogP contribution in [0.4, 0.5) is 0 Å². The second-order valence-electron chi connectivity index (χ2n) is 9.40. The van der Waals surface area contributed by atoms with Crippen molar-refractivity contribution < 1.29 is 4.79 Å². The first-order valence-electron chi connectivity index (χ1n) is 12.1. The summed E-state index contributed by atoms with van der Waals surface area (Å²) in [7, 11) is 0. The zero-order valence-electron chi connectivity index (χ0n) is 20.9. The minimum atomic E-state index is -0.106. The lowest BCUT2D eigenvalue weighted by Gasteiger charge is -2.35. The maximum absolute atomic E-state index is 11.7. The van der Waals surface area contributed by atoms with Gasteiger partial charge in [-0.05, 0) is 30.5 Å². The van der Waals surface area contributed by atoms with Gasteiger partial charge in [-0.25, -0.2) is 4.99 Å². The van der Waals surface area contributed by atoms with E-state index < -0.39 is 0 Å². The van der Waals surface area contributed by atoms with E-state index in [1.165, 1.54) is 0 Å². The molecule has 0 aliphatic carbocycles. The zero-order chi connectivity index (χ0) is 24.9. The third kappa shape index (κ3) is 5.85. The Balaban J connectivity index is 1.57. The molecule has 1 aromatic heterocycles. The molecule has 1 aromatic carbocycles. The molecule has 4 rings (SSSR count). The van der Waals surface area contributed by atoms with Gasteiger partial charge in [0, 0.05) is 57.4 Å². The van der Waals surface area contributed by atoms with Crippen molar-refractivity contribution in [2.75, 3.05) is 32.7 Å². The van der Waals surface area contributed by atoms with E-state index in [4.69, 9.17) is 15.4 Å². The number of carbonyl (C=O) groups excluding carboxylic acids is 1. The van der Waals surface area contributed by atoms with Crippen molar-refractivity contribution >= 4 is 34.3 Å². The molecular weight excluding hydrogens is 440 g/mol. The number of aliphatic imine (C=N–C) groups is 2. The highest BCUT2D eigenvalue weighted by Gasteiger charge is 2.27. The van der Waals surface area contributed by atoms with Crippen LogP contribution in [0.3, 0.4) is 0 Å². The van der Waals surface area contributed by atoms with Crippen molar-refractivity contribution in [1.82, 2.24) is 25.4 Å². The number of amides is 1. The van der Waals surface area contributed by atoms with E-state index in [1.807, 2.05) is 42.3 Å². The van der Waals surface area contributed by atoms with Crippen LogP contribution in [-0.2, 0) is 4.79 Å². The highest BCUT2D eigenvalue weighted by molar-refractivity contribution is 6.48. The number of fused-ring (bicyclic) bond motifs is 1. The fourth-order valence-electron chi connectivity index (χ4n) is 4.04. The van der Waals surface area contributed by atoms with E-state index in [-0.39, 0.29) is 17.7 Å². The zero-order valence-corrected chi connectivity index (χ0v) is 20.9. The number of pyridine rings is 1. The average Bonchev–Trinajstić information content (AvgIpc) is 2.85. The molecule has 1 atom stereocenters. The Morgan fingerprint density at radius 1 is 1.14 bits per heavy atom. The maximum atomic E-state index is 11.7. The number of amidine groups is 1. The van der Waals surface area contributed by atoms with Gasteiger partial charge in [0.05, 0.1) is 11.6 Å². The molecule has 2 aliphatic rings. The molecule has 0 radical (unpaired) electrons. The lowest BCUT2D eigenvalue weighted by Crippen LogP contribution is -2.51. The average molecular weight is 475 g/mol. The van der Waals surface area contributed by atoms with Crippen LogP contribution in [0.15, 0.2) is 58.4 Å². The third-order valence-electron chi connectivity index (χ3n) is 6.16. The smallest absolute Gasteiger partial charge is 0.228 e. The number of nitrogens with one attached hydrogen (secondary N) is 3. The third-order valence-corrected chi connectivity index (χ3v) is 6.16. The first-order chi connectivity index (χ1) is 16.8. The molecule has 1 saturated heterocycles. The molecule has 0 saturated carbocycles. The largest absolute Gasteiger partial charge is 0.389 e. The summed E-state index contributed by atoms with van der Waals surface area (Å²) in [5.74, 6) is 1.59. The van der Waals surface area contributed by atoms with Gasteiger partial charge < -0.3 is 20.4 Å². The van der Waals surface area contributed by atoms with Crippen LogP contribution < -0.4 is 10.6 Å². The Labute approximate surface area is 206 Å². The lowest BCUT2D eigenvalue weighted by molar-refractivity contribution is -0.130. The first kappa shape index (κ1) is 24.4. The predicted octanol–water partition coefficient (Wildman–Crippen LogP) is 2.92. The van der Waals surface area contributed by atoms with Gasteiger partial charge in [0.25, 0.3) is 0 Å². The standard InChI is InChI=1S/C26H34N8O/c1-17(2)14-28-16-23-24(27)25(32-26(31-23)34-11-9-33(10-12-34)19(4)35)30-18(3)21-13-20-7-5-6-8-22(20)29-15-21/h5-8,13,15-18,27-28H,9-12,14H2,1-4H3,(H,30,31,32)/b23-16+,27-24?/t18-/m1/s1. The minimum absolute atomic E-state index is 0.0826. The summed E-state index contributed by atoms with van der Waals surface area (Å²) in [6, 6.07) is 10.0. The molecule has 184 valence electrons.